The highest BCUT2D eigenvalue weighted by atomic mass is 32.2. The highest BCUT2D eigenvalue weighted by molar-refractivity contribution is 7.99. The largest absolute Gasteiger partial charge is 0.369 e. The number of hydrogen-bond donors (Lipinski definition) is 1. The summed E-state index contributed by atoms with van der Waals surface area (Å²) in [5.74, 6) is -0.0252. The molecule has 186 valence electrons. The fraction of sp³-hybridized carbons (Fsp3) is 0.276. The Morgan fingerprint density at radius 2 is 1.75 bits per heavy atom. The molecule has 0 unspecified atom stereocenters. The van der Waals surface area contributed by atoms with Gasteiger partial charge in [-0.2, -0.15) is 0 Å². The molecule has 1 N–H and O–H groups in total. The lowest BCUT2D eigenvalue weighted by atomic mass is 10.1. The molecule has 0 bridgehead atoms. The van der Waals surface area contributed by atoms with Crippen LogP contribution in [0.2, 0.25) is 0 Å². The number of anilines is 2. The fourth-order valence-corrected chi connectivity index (χ4v) is 5.02. The van der Waals surface area contributed by atoms with Gasteiger partial charge in [-0.1, -0.05) is 30.0 Å². The van der Waals surface area contributed by atoms with Crippen molar-refractivity contribution >= 4 is 39.9 Å². The van der Waals surface area contributed by atoms with Crippen molar-refractivity contribution in [2.24, 2.45) is 0 Å². The molecule has 0 spiro atoms. The quantitative estimate of drug-likeness (QED) is 0.239. The molecule has 0 fully saturated rings. The number of aromatic nitrogens is 2. The molecular formula is C29H32N4O2S. The van der Waals surface area contributed by atoms with Crippen LogP contribution in [0.5, 0.6) is 0 Å². The molecule has 4 rings (SSSR count). The van der Waals surface area contributed by atoms with Gasteiger partial charge in [0.25, 0.3) is 5.56 Å². The SMILES string of the molecule is CCN(c1ccc(NC(=O)CSc2nc3ccccc3c(=O)n2-c2ccc(C)c(C)c2)cc1)C(C)C. The van der Waals surface area contributed by atoms with Gasteiger partial charge in [0.05, 0.1) is 22.3 Å². The van der Waals surface area contributed by atoms with Crippen LogP contribution in [0.1, 0.15) is 31.9 Å². The zero-order chi connectivity index (χ0) is 25.8. The van der Waals surface area contributed by atoms with Gasteiger partial charge < -0.3 is 10.2 Å². The minimum Gasteiger partial charge on any atom is -0.369 e. The second-order valence-electron chi connectivity index (χ2n) is 9.08. The Kier molecular flexibility index (Phi) is 7.79. The predicted octanol–water partition coefficient (Wildman–Crippen LogP) is 5.97. The van der Waals surface area contributed by atoms with Crippen molar-refractivity contribution in [1.29, 1.82) is 0 Å². The maximum absolute atomic E-state index is 13.4. The normalized spacial score (nSPS) is 11.2. The summed E-state index contributed by atoms with van der Waals surface area (Å²) < 4.78 is 1.60. The van der Waals surface area contributed by atoms with Gasteiger partial charge in [-0.3, -0.25) is 14.2 Å². The summed E-state index contributed by atoms with van der Waals surface area (Å²) in [5.41, 5.74) is 5.31. The number of carbonyl (C=O) groups excluding carboxylic acids is 1. The number of fused-ring (bicyclic) bond motifs is 1. The molecule has 0 aliphatic heterocycles. The molecule has 0 saturated carbocycles. The maximum Gasteiger partial charge on any atom is 0.266 e. The molecule has 1 heterocycles. The molecule has 36 heavy (non-hydrogen) atoms. The molecule has 0 saturated heterocycles. The molecule has 0 radical (unpaired) electrons. The van der Waals surface area contributed by atoms with Crippen LogP contribution in [-0.2, 0) is 4.79 Å². The molecule has 0 aliphatic rings. The first kappa shape index (κ1) is 25.5. The lowest BCUT2D eigenvalue weighted by Crippen LogP contribution is -2.30. The molecule has 3 aromatic carbocycles. The first-order valence-corrected chi connectivity index (χ1v) is 13.2. The maximum atomic E-state index is 13.4. The van der Waals surface area contributed by atoms with Crippen molar-refractivity contribution < 1.29 is 4.79 Å². The number of nitrogens with one attached hydrogen (secondary N) is 1. The highest BCUT2D eigenvalue weighted by Gasteiger charge is 2.16. The van der Waals surface area contributed by atoms with E-state index in [2.05, 4.69) is 31.0 Å². The summed E-state index contributed by atoms with van der Waals surface area (Å²) in [6, 6.07) is 21.5. The second kappa shape index (κ2) is 11.0. The minimum absolute atomic E-state index is 0.129. The van der Waals surface area contributed by atoms with Crippen LogP contribution in [0, 0.1) is 13.8 Å². The van der Waals surface area contributed by atoms with E-state index in [0.717, 1.165) is 34.7 Å². The highest BCUT2D eigenvalue weighted by Crippen LogP contribution is 2.24. The minimum atomic E-state index is -0.155. The van der Waals surface area contributed by atoms with Crippen molar-refractivity contribution in [3.63, 3.8) is 0 Å². The lowest BCUT2D eigenvalue weighted by molar-refractivity contribution is -0.113. The molecule has 1 amide bonds. The summed E-state index contributed by atoms with van der Waals surface area (Å²) >= 11 is 1.26. The van der Waals surface area contributed by atoms with Gasteiger partial charge in [-0.05, 0) is 94.3 Å². The lowest BCUT2D eigenvalue weighted by Gasteiger charge is -2.27. The van der Waals surface area contributed by atoms with E-state index in [0.29, 0.717) is 22.1 Å². The second-order valence-corrected chi connectivity index (χ2v) is 10.0. The van der Waals surface area contributed by atoms with Crippen LogP contribution in [0.4, 0.5) is 11.4 Å². The molecule has 1 aromatic heterocycles. The summed E-state index contributed by atoms with van der Waals surface area (Å²) in [4.78, 5) is 33.3. The van der Waals surface area contributed by atoms with Crippen molar-refractivity contribution in [2.45, 2.75) is 45.8 Å². The molecule has 4 aromatic rings. The van der Waals surface area contributed by atoms with E-state index >= 15 is 0 Å². The van der Waals surface area contributed by atoms with E-state index in [1.807, 2.05) is 74.5 Å². The average Bonchev–Trinajstić information content (AvgIpc) is 2.86. The van der Waals surface area contributed by atoms with Crippen LogP contribution in [0.25, 0.3) is 16.6 Å². The Morgan fingerprint density at radius 1 is 1.03 bits per heavy atom. The van der Waals surface area contributed by atoms with E-state index in [1.165, 1.54) is 11.8 Å². The summed E-state index contributed by atoms with van der Waals surface area (Å²) in [7, 11) is 0. The fourth-order valence-electron chi connectivity index (χ4n) is 4.21. The van der Waals surface area contributed by atoms with Crippen molar-refractivity contribution in [2.75, 3.05) is 22.5 Å². The standard InChI is InChI=1S/C29H32N4O2S/c1-6-32(19(2)3)23-15-12-22(13-16-23)30-27(34)18-36-29-31-26-10-8-7-9-25(26)28(35)33(29)24-14-11-20(4)21(5)17-24/h7-17,19H,6,18H2,1-5H3,(H,30,34). The van der Waals surface area contributed by atoms with Crippen LogP contribution in [-0.4, -0.2) is 33.8 Å². The Hall–Kier alpha value is -3.58. The zero-order valence-electron chi connectivity index (χ0n) is 21.4. The van der Waals surface area contributed by atoms with Gasteiger partial charge in [0.15, 0.2) is 5.16 Å². The van der Waals surface area contributed by atoms with Crippen molar-refractivity contribution in [3.8, 4) is 5.69 Å². The molecule has 0 aliphatic carbocycles. The monoisotopic (exact) mass is 500 g/mol. The van der Waals surface area contributed by atoms with Crippen molar-refractivity contribution in [1.82, 2.24) is 9.55 Å². The molecule has 6 nitrogen and oxygen atoms in total. The average molecular weight is 501 g/mol. The Balaban J connectivity index is 1.57. The Labute approximate surface area is 216 Å². The van der Waals surface area contributed by atoms with Crippen LogP contribution in [0.15, 0.2) is 76.7 Å². The van der Waals surface area contributed by atoms with E-state index < -0.39 is 0 Å². The van der Waals surface area contributed by atoms with E-state index in [-0.39, 0.29) is 17.2 Å². The number of hydrogen-bond acceptors (Lipinski definition) is 5. The van der Waals surface area contributed by atoms with Gasteiger partial charge >= 0.3 is 0 Å². The number of benzene rings is 3. The van der Waals surface area contributed by atoms with Gasteiger partial charge in [-0.15, -0.1) is 0 Å². The first-order valence-electron chi connectivity index (χ1n) is 12.2. The third-order valence-corrected chi connectivity index (χ3v) is 7.21. The topological polar surface area (TPSA) is 67.2 Å². The third kappa shape index (κ3) is 5.46. The van der Waals surface area contributed by atoms with Crippen LogP contribution < -0.4 is 15.8 Å². The number of rotatable bonds is 8. The van der Waals surface area contributed by atoms with Crippen molar-refractivity contribution in [3.05, 3.63) is 88.2 Å². The Morgan fingerprint density at radius 3 is 2.42 bits per heavy atom. The summed E-state index contributed by atoms with van der Waals surface area (Å²) in [6.45, 7) is 11.4. The summed E-state index contributed by atoms with van der Waals surface area (Å²) in [5, 5.41) is 4.00. The van der Waals surface area contributed by atoms with Gasteiger partial charge in [0.2, 0.25) is 5.91 Å². The third-order valence-electron chi connectivity index (χ3n) is 6.27. The summed E-state index contributed by atoms with van der Waals surface area (Å²) in [6.07, 6.45) is 0. The van der Waals surface area contributed by atoms with E-state index in [1.54, 1.807) is 10.6 Å². The van der Waals surface area contributed by atoms with Crippen LogP contribution in [0.3, 0.4) is 0 Å². The van der Waals surface area contributed by atoms with Gasteiger partial charge in [0.1, 0.15) is 0 Å². The van der Waals surface area contributed by atoms with Gasteiger partial charge in [0, 0.05) is 24.0 Å². The molecular weight excluding hydrogens is 468 g/mol. The van der Waals surface area contributed by atoms with Crippen LogP contribution >= 0.6 is 11.8 Å². The number of aryl methyl sites for hydroxylation is 2. The van der Waals surface area contributed by atoms with E-state index in [4.69, 9.17) is 4.98 Å². The Bertz CT molecular complexity index is 1440. The number of carbonyl (C=O) groups is 1. The number of para-hydroxylation sites is 1. The number of nitrogens with zero attached hydrogens (tertiary/aromatic N) is 3. The first-order chi connectivity index (χ1) is 17.3. The smallest absolute Gasteiger partial charge is 0.266 e. The van der Waals surface area contributed by atoms with E-state index in [9.17, 15) is 9.59 Å². The predicted molar refractivity (Wildman–Crippen MR) is 151 cm³/mol. The zero-order valence-corrected chi connectivity index (χ0v) is 22.2. The molecule has 7 heteroatoms. The van der Waals surface area contributed by atoms with Gasteiger partial charge in [-0.25, -0.2) is 4.98 Å². The molecule has 0 atom stereocenters. The number of amides is 1. The number of thioether (sulfide) groups is 1.